The van der Waals surface area contributed by atoms with Gasteiger partial charge in [-0.25, -0.2) is 0 Å². The van der Waals surface area contributed by atoms with Crippen LogP contribution in [0.25, 0.3) is 208 Å². The molecule has 0 unspecified atom stereocenters. The summed E-state index contributed by atoms with van der Waals surface area (Å²) in [5.74, 6) is 0. The zero-order valence-corrected chi connectivity index (χ0v) is 48.8. The van der Waals surface area contributed by atoms with Crippen LogP contribution in [0.1, 0.15) is 79.5 Å². The summed E-state index contributed by atoms with van der Waals surface area (Å²) in [6.45, 7) is 0. The van der Waals surface area contributed by atoms with E-state index in [9.17, 15) is 31.5 Å². The van der Waals surface area contributed by atoms with Gasteiger partial charge >= 0.3 is 0 Å². The summed E-state index contributed by atoms with van der Waals surface area (Å²) in [6.07, 6.45) is 0. The van der Waals surface area contributed by atoms with Crippen LogP contribution >= 0.6 is 0 Å². The Morgan fingerprint density at radius 2 is 0.459 bits per heavy atom. The first-order chi connectivity index (χ1) is 72.8. The first-order valence-electron chi connectivity index (χ1n) is 58.1. The van der Waals surface area contributed by atoms with Crippen LogP contribution in [0, 0.1) is 0 Å². The summed E-state index contributed by atoms with van der Waals surface area (Å²) in [4.78, 5) is 0. The van der Waals surface area contributed by atoms with Gasteiger partial charge in [-0.3, -0.25) is 0 Å². The summed E-state index contributed by atoms with van der Waals surface area (Å²) >= 11 is 0. The van der Waals surface area contributed by atoms with E-state index in [4.69, 9.17) is 56.8 Å². The highest BCUT2D eigenvalue weighted by Gasteiger charge is 2.24. The van der Waals surface area contributed by atoms with Crippen LogP contribution in [0.5, 0.6) is 0 Å². The molecule has 21 rings (SSSR count). The minimum atomic E-state index is -1.14. The van der Waals surface area contributed by atoms with Crippen molar-refractivity contribution in [1.82, 2.24) is 0 Å². The maximum absolute atomic E-state index is 9.66. The largest absolute Gasteiger partial charge is 0.455 e. The lowest BCUT2D eigenvalue weighted by Gasteiger charge is -2.18. The summed E-state index contributed by atoms with van der Waals surface area (Å²) in [5.41, 5.74) is -11.9. The lowest BCUT2D eigenvalue weighted by molar-refractivity contribution is 0.672. The van der Waals surface area contributed by atoms with Gasteiger partial charge in [0.1, 0.15) is 22.3 Å². The Kier molecular flexibility index (Phi) is 5.24. The van der Waals surface area contributed by atoms with Gasteiger partial charge in [-0.15, -0.1) is 0 Å². The van der Waals surface area contributed by atoms with Crippen molar-refractivity contribution >= 4 is 141 Å². The zero-order chi connectivity index (χ0) is 115. The first-order valence-corrected chi connectivity index (χ1v) is 29.1. The molecule has 0 aliphatic rings. The van der Waals surface area contributed by atoms with E-state index in [0.717, 1.165) is 0 Å². The number of hydrogen-bond acceptors (Lipinski definition) is 2. The average molecular weight is 1300 g/mol. The molecule has 0 saturated carbocycles. The summed E-state index contributed by atoms with van der Waals surface area (Å²) in [7, 11) is 0. The maximum Gasteiger partial charge on any atom is 0.143 e. The fourth-order valence-electron chi connectivity index (χ4n) is 12.1. The molecule has 0 fully saturated rings. The van der Waals surface area contributed by atoms with Gasteiger partial charge in [0.15, 0.2) is 0 Å². The van der Waals surface area contributed by atoms with Crippen molar-refractivity contribution in [3.8, 4) is 66.8 Å². The van der Waals surface area contributed by atoms with Crippen LogP contribution in [0.4, 0.5) is 0 Å². The van der Waals surface area contributed by atoms with Crippen molar-refractivity contribution < 1.29 is 88.3 Å². The van der Waals surface area contributed by atoms with Crippen molar-refractivity contribution in [3.63, 3.8) is 0 Å². The Morgan fingerprint density at radius 1 is 0.173 bits per heavy atom. The highest BCUT2D eigenvalue weighted by atomic mass is 16.3. The summed E-state index contributed by atoms with van der Waals surface area (Å²) in [6, 6.07) is -53.6. The molecule has 2 aromatic heterocycles. The standard InChI is InChI=1S/C50H30O.C46H28O/c1-3-12-37-32(10-1)22-25-36-30-35(27-28-38(36)37)31-20-23-34(24-21-31)47-40-14-5-7-16-42(40)48(43-17-8-6-15-41(43)47)44-18-9-19-46-49(44)45-29-26-33-11-2-4-13-39(33)50(45)51-46;1-2-12-33-28-34(25-22-29(33)10-1)30-20-23-32(24-21-30)43-36-14-5-7-16-38(36)44(39-17-8-6-15-37(39)43)40-18-9-19-42-45(40)41-27-26-31-11-3-4-13-35(31)46(41)47-42/h1-30H;1-28H/i1D,2D,3D,4D,5D,6D,7D,8D,9D,10D,11D,12D,13D,14D,15D,16D,17D,18D,19D,20D,21D,22D,23D,24D,25D,26D,27D,28D,29D,30D;1D,2D,3D,4D,5D,6D,7D,8D,9D,10D,11D,12D,13D,14D,15D,16D,17D,18D,19D,20D,21D,22D,23D,24D,25D,26D,27D,28D. The van der Waals surface area contributed by atoms with Crippen molar-refractivity contribution in [3.05, 3.63) is 350 Å². The Bertz CT molecular complexity index is 10300. The molecule has 2 heterocycles. The molecule has 2 heteroatoms. The van der Waals surface area contributed by atoms with Gasteiger partial charge in [-0.1, -0.05) is 314 Å². The fraction of sp³-hybridized carbons (Fsp3) is 0. The van der Waals surface area contributed by atoms with Crippen molar-refractivity contribution in [1.29, 1.82) is 0 Å². The molecule has 0 aliphatic carbocycles. The normalized spacial score (nSPS) is 20.2. The Balaban J connectivity index is 0.000000188. The maximum atomic E-state index is 9.66. The van der Waals surface area contributed by atoms with Gasteiger partial charge in [-0.05, 0) is 189 Å². The second kappa shape index (κ2) is 22.4. The Morgan fingerprint density at radius 3 is 0.908 bits per heavy atom. The van der Waals surface area contributed by atoms with Gasteiger partial charge in [0, 0.05) is 32.3 Å². The van der Waals surface area contributed by atoms with Crippen LogP contribution in [-0.4, -0.2) is 0 Å². The van der Waals surface area contributed by atoms with Gasteiger partial charge < -0.3 is 8.83 Å². The lowest BCUT2D eigenvalue weighted by atomic mass is 9.84. The second-order valence-corrected chi connectivity index (χ2v) is 21.5. The SMILES string of the molecule is [2H]c1c([2H])c(-c2c3c([2H])c([2H])c([2H])c([2H])c3c(-c3c([2H])c([2H])c([2H])c4oc5c6c([2H])c([2H])c([2H])c([2H])c6c([2H])c([2H])c5c34)c3c([2H])c([2H])c([2H])c([2H])c23)c([2H])c([2H])c1-c1c([2H])c([2H])c2c([2H])c([2H])c([2H])c([2H])c2c1[2H].[2H]c1c([2H])c(-c2c3c([2H])c([2H])c([2H])c([2H])c3c(-c3c([2H])c([2H])c([2H])c4oc5c6c([2H])c([2H])c([2H])c([2H])c6c([2H])c([2H])c5c34)c3c([2H])c([2H])c([2H])c([2H])c23)c([2H])c([2H])c1-c1c([2H])c([2H])c2c(c1[2H])c([2H])c([2H])c1c([2H])c([2H])c([2H])c([2H])c12. The molecule has 0 amide bonds. The van der Waals surface area contributed by atoms with Crippen molar-refractivity contribution in [2.24, 2.45) is 0 Å². The third-order valence-corrected chi connectivity index (χ3v) is 16.3. The van der Waals surface area contributed by atoms with Crippen LogP contribution in [0.15, 0.2) is 359 Å². The number of fused-ring (bicyclic) bond motifs is 18. The van der Waals surface area contributed by atoms with Crippen molar-refractivity contribution in [2.45, 2.75) is 0 Å². The van der Waals surface area contributed by atoms with E-state index in [0.29, 0.717) is 0 Å². The molecule has 0 aliphatic heterocycles. The van der Waals surface area contributed by atoms with E-state index in [1.165, 1.54) is 0 Å². The van der Waals surface area contributed by atoms with E-state index in [2.05, 4.69) is 0 Å². The van der Waals surface area contributed by atoms with E-state index >= 15 is 0 Å². The quantitative estimate of drug-likeness (QED) is 0.123. The Labute approximate surface area is 646 Å². The topological polar surface area (TPSA) is 26.3 Å². The molecule has 0 N–H and O–H groups in total. The number of rotatable bonds is 6. The predicted octanol–water partition coefficient (Wildman–Crippen LogP) is 27.6. The van der Waals surface area contributed by atoms with Gasteiger partial charge in [0.25, 0.3) is 0 Å². The van der Waals surface area contributed by atoms with Gasteiger partial charge in [-0.2, -0.15) is 0 Å². The van der Waals surface area contributed by atoms with Crippen LogP contribution in [0.3, 0.4) is 0 Å². The minimum absolute atomic E-state index is 0.459. The molecule has 0 radical (unpaired) electrons. The lowest BCUT2D eigenvalue weighted by Crippen LogP contribution is -1.91. The molecule has 19 aromatic carbocycles. The third-order valence-electron chi connectivity index (χ3n) is 16.3. The van der Waals surface area contributed by atoms with E-state index in [1.54, 1.807) is 0 Å². The first kappa shape index (κ1) is 22.9. The second-order valence-electron chi connectivity index (χ2n) is 21.5. The van der Waals surface area contributed by atoms with E-state index in [1.807, 2.05) is 0 Å². The molecule has 98 heavy (non-hydrogen) atoms. The number of hydrogen-bond donors (Lipinski definition) is 0. The molecule has 454 valence electrons. The average Bonchev–Trinajstić information content (AvgIpc) is 1.38. The van der Waals surface area contributed by atoms with E-state index < -0.39 is 558 Å². The van der Waals surface area contributed by atoms with E-state index in [-0.39, 0.29) is 0 Å². The molecule has 21 aromatic rings. The zero-order valence-electron chi connectivity index (χ0n) is 107. The molecule has 0 atom stereocenters. The summed E-state index contributed by atoms with van der Waals surface area (Å²) in [5, 5.41) is -13.4. The highest BCUT2D eigenvalue weighted by molar-refractivity contribution is 6.29. The van der Waals surface area contributed by atoms with Crippen LogP contribution in [-0.2, 0) is 0 Å². The molecule has 0 bridgehead atoms. The molecule has 2 nitrogen and oxygen atoms in total. The number of benzene rings is 19. The van der Waals surface area contributed by atoms with Crippen LogP contribution < -0.4 is 0 Å². The van der Waals surface area contributed by atoms with Crippen LogP contribution in [0.2, 0.25) is 0 Å². The predicted molar refractivity (Wildman–Crippen MR) is 418 cm³/mol. The fourth-order valence-corrected chi connectivity index (χ4v) is 12.1. The third kappa shape index (κ3) is 8.82. The molecular formula is C96H58O2. The molecular weight excluding hydrogens is 1190 g/mol. The molecule has 0 spiro atoms. The molecule has 0 saturated heterocycles. The number of furan rings is 2. The van der Waals surface area contributed by atoms with Crippen molar-refractivity contribution in [2.75, 3.05) is 0 Å². The Hall–Kier alpha value is -12.9. The monoisotopic (exact) mass is 1300 g/mol. The minimum Gasteiger partial charge on any atom is -0.455 e. The van der Waals surface area contributed by atoms with Gasteiger partial charge in [0.05, 0.1) is 79.5 Å². The summed E-state index contributed by atoms with van der Waals surface area (Å²) < 4.78 is 536. The smallest absolute Gasteiger partial charge is 0.143 e. The van der Waals surface area contributed by atoms with Gasteiger partial charge in [0.2, 0.25) is 0 Å². The highest BCUT2D eigenvalue weighted by Crippen LogP contribution is 2.50.